The Morgan fingerprint density at radius 2 is 1.41 bits per heavy atom. The average Bonchev–Trinajstić information content (AvgIpc) is 2.46. The van der Waals surface area contributed by atoms with Gasteiger partial charge in [0, 0.05) is 18.8 Å². The van der Waals surface area contributed by atoms with Crippen molar-refractivity contribution >= 4 is 5.97 Å². The van der Waals surface area contributed by atoms with Gasteiger partial charge in [-0.2, -0.15) is 0 Å². The van der Waals surface area contributed by atoms with Gasteiger partial charge in [0.05, 0.1) is 0 Å². The quantitative estimate of drug-likeness (QED) is 0.259. The molecule has 0 aromatic heterocycles. The van der Waals surface area contributed by atoms with Crippen molar-refractivity contribution in [1.29, 1.82) is 0 Å². The van der Waals surface area contributed by atoms with Crippen LogP contribution in [-0.4, -0.2) is 11.7 Å². The van der Waals surface area contributed by atoms with Gasteiger partial charge in [-0.25, -0.2) is 0 Å². The van der Waals surface area contributed by atoms with E-state index in [1.165, 1.54) is 38.5 Å². The summed E-state index contributed by atoms with van der Waals surface area (Å²) in [4.78, 5) is 11.9. The molecule has 3 heteroatoms. The Bertz CT molecular complexity index is 279. The van der Waals surface area contributed by atoms with E-state index in [4.69, 9.17) is 10.5 Å². The van der Waals surface area contributed by atoms with E-state index in [-0.39, 0.29) is 11.9 Å². The standard InChI is InChI=1S/C19H39NO2/c1-5-7-9-10-11-12-14-16-19(20,17(3)4)22-18(21)15-13-8-6-2/h17H,5-16,20H2,1-4H3. The maximum Gasteiger partial charge on any atom is 0.307 e. The van der Waals surface area contributed by atoms with Crippen LogP contribution in [0.25, 0.3) is 0 Å². The third-order valence-corrected chi connectivity index (χ3v) is 4.44. The first-order valence-corrected chi connectivity index (χ1v) is 9.47. The van der Waals surface area contributed by atoms with Gasteiger partial charge in [0.2, 0.25) is 0 Å². The SMILES string of the molecule is CCCCCCCCCC(N)(OC(=O)CCCCC)C(C)C. The molecule has 0 heterocycles. The van der Waals surface area contributed by atoms with Crippen molar-refractivity contribution in [1.82, 2.24) is 0 Å². The van der Waals surface area contributed by atoms with Gasteiger partial charge in [0.1, 0.15) is 0 Å². The molecule has 0 rings (SSSR count). The Kier molecular flexibility index (Phi) is 12.6. The zero-order chi connectivity index (χ0) is 16.8. The van der Waals surface area contributed by atoms with Crippen LogP contribution in [0.4, 0.5) is 0 Å². The van der Waals surface area contributed by atoms with Crippen LogP contribution in [0.2, 0.25) is 0 Å². The van der Waals surface area contributed by atoms with Crippen LogP contribution in [0.3, 0.4) is 0 Å². The van der Waals surface area contributed by atoms with Crippen molar-refractivity contribution < 1.29 is 9.53 Å². The lowest BCUT2D eigenvalue weighted by atomic mass is 9.93. The molecule has 0 radical (unpaired) electrons. The highest BCUT2D eigenvalue weighted by molar-refractivity contribution is 5.69. The van der Waals surface area contributed by atoms with Crippen LogP contribution in [0, 0.1) is 5.92 Å². The van der Waals surface area contributed by atoms with Gasteiger partial charge in [0.15, 0.2) is 5.72 Å². The lowest BCUT2D eigenvalue weighted by Gasteiger charge is -2.33. The summed E-state index contributed by atoms with van der Waals surface area (Å²) in [6.07, 6.45) is 13.1. The maximum atomic E-state index is 11.9. The molecule has 0 aromatic carbocycles. The first kappa shape index (κ1) is 21.4. The summed E-state index contributed by atoms with van der Waals surface area (Å²) in [6.45, 7) is 8.45. The summed E-state index contributed by atoms with van der Waals surface area (Å²) in [5.74, 6) is 0.0234. The van der Waals surface area contributed by atoms with Gasteiger partial charge in [-0.1, -0.05) is 79.1 Å². The Balaban J connectivity index is 4.02. The molecule has 0 aromatic rings. The number of rotatable bonds is 14. The molecule has 2 N–H and O–H groups in total. The number of hydrogen-bond donors (Lipinski definition) is 1. The molecule has 0 aliphatic rings. The molecule has 0 aliphatic carbocycles. The highest BCUT2D eigenvalue weighted by atomic mass is 16.6. The van der Waals surface area contributed by atoms with E-state index in [0.29, 0.717) is 6.42 Å². The van der Waals surface area contributed by atoms with E-state index < -0.39 is 5.72 Å². The number of hydrogen-bond acceptors (Lipinski definition) is 3. The fourth-order valence-corrected chi connectivity index (χ4v) is 2.60. The van der Waals surface area contributed by atoms with Crippen LogP contribution in [0.1, 0.15) is 105 Å². The smallest absolute Gasteiger partial charge is 0.307 e. The zero-order valence-corrected chi connectivity index (χ0v) is 15.5. The molecule has 0 fully saturated rings. The summed E-state index contributed by atoms with van der Waals surface area (Å²) in [5, 5.41) is 0. The number of nitrogens with two attached hydrogens (primary N) is 1. The summed E-state index contributed by atoms with van der Waals surface area (Å²) in [6, 6.07) is 0. The fourth-order valence-electron chi connectivity index (χ4n) is 2.60. The van der Waals surface area contributed by atoms with Crippen LogP contribution >= 0.6 is 0 Å². The van der Waals surface area contributed by atoms with Gasteiger partial charge in [-0.3, -0.25) is 10.5 Å². The average molecular weight is 314 g/mol. The third-order valence-electron chi connectivity index (χ3n) is 4.44. The van der Waals surface area contributed by atoms with Crippen LogP contribution in [0.5, 0.6) is 0 Å². The predicted molar refractivity (Wildman–Crippen MR) is 94.6 cm³/mol. The molecule has 0 aliphatic heterocycles. The molecule has 0 bridgehead atoms. The van der Waals surface area contributed by atoms with E-state index in [2.05, 4.69) is 13.8 Å². The highest BCUT2D eigenvalue weighted by Crippen LogP contribution is 2.24. The monoisotopic (exact) mass is 313 g/mol. The van der Waals surface area contributed by atoms with Crippen molar-refractivity contribution in [3.63, 3.8) is 0 Å². The summed E-state index contributed by atoms with van der Waals surface area (Å²) in [7, 11) is 0. The minimum absolute atomic E-state index is 0.132. The number of carbonyl (C=O) groups excluding carboxylic acids is 1. The second-order valence-electron chi connectivity index (χ2n) is 6.91. The van der Waals surface area contributed by atoms with E-state index in [9.17, 15) is 4.79 Å². The van der Waals surface area contributed by atoms with Crippen LogP contribution in [-0.2, 0) is 9.53 Å². The second kappa shape index (κ2) is 12.9. The van der Waals surface area contributed by atoms with E-state index in [1.54, 1.807) is 0 Å². The highest BCUT2D eigenvalue weighted by Gasteiger charge is 2.32. The van der Waals surface area contributed by atoms with Crippen molar-refractivity contribution in [3.05, 3.63) is 0 Å². The largest absolute Gasteiger partial charge is 0.444 e. The van der Waals surface area contributed by atoms with Crippen molar-refractivity contribution in [2.24, 2.45) is 11.7 Å². The molecule has 0 amide bonds. The topological polar surface area (TPSA) is 52.3 Å². The lowest BCUT2D eigenvalue weighted by Crippen LogP contribution is -2.49. The molecule has 0 saturated heterocycles. The summed E-state index contributed by atoms with van der Waals surface area (Å²) < 4.78 is 5.63. The molecular formula is C19H39NO2. The first-order chi connectivity index (χ1) is 10.5. The molecular weight excluding hydrogens is 274 g/mol. The molecule has 132 valence electrons. The first-order valence-electron chi connectivity index (χ1n) is 9.47. The van der Waals surface area contributed by atoms with E-state index in [1.807, 2.05) is 13.8 Å². The molecule has 0 saturated carbocycles. The van der Waals surface area contributed by atoms with Gasteiger partial charge in [-0.05, 0) is 12.8 Å². The van der Waals surface area contributed by atoms with Crippen LogP contribution in [0.15, 0.2) is 0 Å². The van der Waals surface area contributed by atoms with Crippen molar-refractivity contribution in [3.8, 4) is 0 Å². The Hall–Kier alpha value is -0.570. The third kappa shape index (κ3) is 10.2. The fraction of sp³-hybridized carbons (Fsp3) is 0.947. The minimum Gasteiger partial charge on any atom is -0.444 e. The van der Waals surface area contributed by atoms with Crippen molar-refractivity contribution in [2.75, 3.05) is 0 Å². The molecule has 22 heavy (non-hydrogen) atoms. The summed E-state index contributed by atoms with van der Waals surface area (Å²) in [5.41, 5.74) is 5.58. The predicted octanol–water partition coefficient (Wildman–Crippen LogP) is 5.56. The van der Waals surface area contributed by atoms with E-state index >= 15 is 0 Å². The molecule has 0 spiro atoms. The lowest BCUT2D eigenvalue weighted by molar-refractivity contribution is -0.165. The Labute approximate surface area is 138 Å². The Morgan fingerprint density at radius 3 is 1.95 bits per heavy atom. The zero-order valence-electron chi connectivity index (χ0n) is 15.5. The van der Waals surface area contributed by atoms with Crippen molar-refractivity contribution in [2.45, 2.75) is 110 Å². The van der Waals surface area contributed by atoms with Gasteiger partial charge >= 0.3 is 5.97 Å². The maximum absolute atomic E-state index is 11.9. The Morgan fingerprint density at radius 1 is 0.909 bits per heavy atom. The number of unbranched alkanes of at least 4 members (excludes halogenated alkanes) is 8. The van der Waals surface area contributed by atoms with Gasteiger partial charge in [-0.15, -0.1) is 0 Å². The minimum atomic E-state index is -0.785. The summed E-state index contributed by atoms with van der Waals surface area (Å²) >= 11 is 0. The number of ether oxygens (including phenoxy) is 1. The normalized spacial score (nSPS) is 14.1. The number of carbonyl (C=O) groups is 1. The van der Waals surface area contributed by atoms with E-state index in [0.717, 1.165) is 32.1 Å². The molecule has 1 unspecified atom stereocenters. The van der Waals surface area contributed by atoms with Gasteiger partial charge < -0.3 is 4.74 Å². The molecule has 1 atom stereocenters. The van der Waals surface area contributed by atoms with Crippen LogP contribution < -0.4 is 5.73 Å². The second-order valence-corrected chi connectivity index (χ2v) is 6.91. The number of esters is 1. The van der Waals surface area contributed by atoms with Gasteiger partial charge in [0.25, 0.3) is 0 Å². The molecule has 3 nitrogen and oxygen atoms in total.